The molecule has 0 aliphatic rings. The second-order valence-corrected chi connectivity index (χ2v) is 4.13. The van der Waals surface area contributed by atoms with E-state index in [1.54, 1.807) is 4.68 Å². The average molecular weight is 223 g/mol. The van der Waals surface area contributed by atoms with Crippen molar-refractivity contribution in [3.63, 3.8) is 0 Å². The van der Waals surface area contributed by atoms with Gasteiger partial charge < -0.3 is 5.73 Å². The van der Waals surface area contributed by atoms with Crippen LogP contribution in [0, 0.1) is 0 Å². The highest BCUT2D eigenvalue weighted by Crippen LogP contribution is 2.30. The third-order valence-electron chi connectivity index (χ3n) is 2.90. The smallest absolute Gasteiger partial charge is 0.116 e. The normalized spacial score (nSPS) is 10.9. The summed E-state index contributed by atoms with van der Waals surface area (Å²) in [7, 11) is 1.88. The van der Waals surface area contributed by atoms with E-state index in [2.05, 4.69) is 29.4 Å². The van der Waals surface area contributed by atoms with Crippen LogP contribution in [0.15, 0.2) is 48.7 Å². The van der Waals surface area contributed by atoms with E-state index in [1.165, 1.54) is 10.8 Å². The Morgan fingerprint density at radius 3 is 2.59 bits per heavy atom. The second-order valence-electron chi connectivity index (χ2n) is 4.13. The number of nitrogens with zero attached hydrogens (tertiary/aromatic N) is 2. The monoisotopic (exact) mass is 223 g/mol. The summed E-state index contributed by atoms with van der Waals surface area (Å²) in [4.78, 5) is 0. The van der Waals surface area contributed by atoms with Crippen molar-refractivity contribution < 1.29 is 0 Å². The molecule has 0 fully saturated rings. The van der Waals surface area contributed by atoms with Crippen LogP contribution in [0.5, 0.6) is 0 Å². The zero-order valence-corrected chi connectivity index (χ0v) is 9.59. The first-order chi connectivity index (χ1) is 8.25. The maximum Gasteiger partial charge on any atom is 0.116 e. The lowest BCUT2D eigenvalue weighted by Gasteiger charge is -2.04. The maximum absolute atomic E-state index is 5.98. The quantitative estimate of drug-likeness (QED) is 0.689. The maximum atomic E-state index is 5.98. The van der Waals surface area contributed by atoms with Gasteiger partial charge >= 0.3 is 0 Å². The number of nitrogen functional groups attached to an aromatic ring is 1. The molecule has 0 aliphatic carbocycles. The average Bonchev–Trinajstić information content (AvgIpc) is 2.68. The molecule has 0 amide bonds. The van der Waals surface area contributed by atoms with E-state index in [1.807, 2.05) is 31.4 Å². The molecular weight excluding hydrogens is 210 g/mol. The van der Waals surface area contributed by atoms with Crippen molar-refractivity contribution >= 4 is 16.5 Å². The van der Waals surface area contributed by atoms with E-state index in [4.69, 9.17) is 5.73 Å². The third kappa shape index (κ3) is 1.56. The van der Waals surface area contributed by atoms with Crippen LogP contribution >= 0.6 is 0 Å². The minimum Gasteiger partial charge on any atom is -0.396 e. The molecule has 3 aromatic rings. The van der Waals surface area contributed by atoms with Crippen molar-refractivity contribution in [1.82, 2.24) is 9.78 Å². The molecule has 2 N–H and O–H groups in total. The number of aryl methyl sites for hydroxylation is 1. The lowest BCUT2D eigenvalue weighted by molar-refractivity contribution is 0.771. The van der Waals surface area contributed by atoms with Gasteiger partial charge in [0.1, 0.15) is 5.69 Å². The van der Waals surface area contributed by atoms with Crippen molar-refractivity contribution in [1.29, 1.82) is 0 Å². The molecular formula is C14H13N3. The fourth-order valence-electron chi connectivity index (χ4n) is 2.15. The van der Waals surface area contributed by atoms with Gasteiger partial charge in [-0.2, -0.15) is 5.10 Å². The van der Waals surface area contributed by atoms with Crippen molar-refractivity contribution in [2.24, 2.45) is 7.05 Å². The Balaban J connectivity index is 2.34. The number of benzene rings is 2. The Bertz CT molecular complexity index is 678. The van der Waals surface area contributed by atoms with Crippen molar-refractivity contribution in [3.8, 4) is 11.3 Å². The third-order valence-corrected chi connectivity index (χ3v) is 2.90. The highest BCUT2D eigenvalue weighted by atomic mass is 15.3. The van der Waals surface area contributed by atoms with Crippen LogP contribution < -0.4 is 5.73 Å². The summed E-state index contributed by atoms with van der Waals surface area (Å²) in [6.07, 6.45) is 1.83. The summed E-state index contributed by atoms with van der Waals surface area (Å²) in [5.74, 6) is 0. The Labute approximate surface area is 99.5 Å². The summed E-state index contributed by atoms with van der Waals surface area (Å²) >= 11 is 0. The van der Waals surface area contributed by atoms with Gasteiger partial charge in [0.05, 0.1) is 5.69 Å². The van der Waals surface area contributed by atoms with Crippen molar-refractivity contribution in [2.45, 2.75) is 0 Å². The molecule has 3 nitrogen and oxygen atoms in total. The minimum absolute atomic E-state index is 0.712. The number of rotatable bonds is 1. The molecule has 0 saturated carbocycles. The van der Waals surface area contributed by atoms with Gasteiger partial charge in [0.15, 0.2) is 0 Å². The Morgan fingerprint density at radius 1 is 1.06 bits per heavy atom. The molecule has 0 aliphatic heterocycles. The topological polar surface area (TPSA) is 43.8 Å². The Morgan fingerprint density at radius 2 is 1.82 bits per heavy atom. The molecule has 1 heterocycles. The molecule has 0 atom stereocenters. The van der Waals surface area contributed by atoms with Crippen LogP contribution in [-0.2, 0) is 7.05 Å². The van der Waals surface area contributed by atoms with Gasteiger partial charge in [0.25, 0.3) is 0 Å². The lowest BCUT2D eigenvalue weighted by Crippen LogP contribution is -1.89. The molecule has 3 rings (SSSR count). The highest BCUT2D eigenvalue weighted by Gasteiger charge is 2.09. The largest absolute Gasteiger partial charge is 0.396 e. The summed E-state index contributed by atoms with van der Waals surface area (Å²) in [6.45, 7) is 0. The summed E-state index contributed by atoms with van der Waals surface area (Å²) in [5.41, 5.74) is 8.63. The van der Waals surface area contributed by atoms with Crippen LogP contribution in [0.25, 0.3) is 22.0 Å². The Hall–Kier alpha value is -2.29. The van der Waals surface area contributed by atoms with Gasteiger partial charge in [0.2, 0.25) is 0 Å². The SMILES string of the molecule is Cn1cc(N)c(-c2cccc3ccccc23)n1. The van der Waals surface area contributed by atoms with Crippen molar-refractivity contribution in [2.75, 3.05) is 5.73 Å². The predicted molar refractivity (Wildman–Crippen MR) is 70.6 cm³/mol. The number of aromatic nitrogens is 2. The van der Waals surface area contributed by atoms with Crippen LogP contribution in [0.2, 0.25) is 0 Å². The molecule has 17 heavy (non-hydrogen) atoms. The molecule has 0 unspecified atom stereocenters. The van der Waals surface area contributed by atoms with Gasteiger partial charge in [-0.05, 0) is 10.8 Å². The molecule has 2 aromatic carbocycles. The standard InChI is InChI=1S/C14H13N3/c1-17-9-13(15)14(16-17)12-8-4-6-10-5-2-3-7-11(10)12/h2-9H,15H2,1H3. The highest BCUT2D eigenvalue weighted by molar-refractivity contribution is 5.97. The predicted octanol–water partition coefficient (Wildman–Crippen LogP) is 2.82. The molecule has 0 spiro atoms. The number of anilines is 1. The molecule has 0 saturated heterocycles. The van der Waals surface area contributed by atoms with Crippen LogP contribution in [-0.4, -0.2) is 9.78 Å². The summed E-state index contributed by atoms with van der Waals surface area (Å²) < 4.78 is 1.74. The first-order valence-electron chi connectivity index (χ1n) is 5.53. The fourth-order valence-corrected chi connectivity index (χ4v) is 2.15. The van der Waals surface area contributed by atoms with E-state index >= 15 is 0 Å². The van der Waals surface area contributed by atoms with Crippen molar-refractivity contribution in [3.05, 3.63) is 48.7 Å². The van der Waals surface area contributed by atoms with Crippen LogP contribution in [0.4, 0.5) is 5.69 Å². The molecule has 84 valence electrons. The van der Waals surface area contributed by atoms with Crippen LogP contribution in [0.1, 0.15) is 0 Å². The van der Waals surface area contributed by atoms with Gasteiger partial charge in [-0.15, -0.1) is 0 Å². The second kappa shape index (κ2) is 3.63. The summed E-state index contributed by atoms with van der Waals surface area (Å²) in [6, 6.07) is 14.4. The number of nitrogens with two attached hydrogens (primary N) is 1. The van der Waals surface area contributed by atoms with E-state index in [0.29, 0.717) is 5.69 Å². The first-order valence-corrected chi connectivity index (χ1v) is 5.53. The van der Waals surface area contributed by atoms with E-state index in [0.717, 1.165) is 11.3 Å². The number of hydrogen-bond acceptors (Lipinski definition) is 2. The van der Waals surface area contributed by atoms with E-state index in [-0.39, 0.29) is 0 Å². The fraction of sp³-hybridized carbons (Fsp3) is 0.0714. The lowest BCUT2D eigenvalue weighted by atomic mass is 10.0. The van der Waals surface area contributed by atoms with E-state index in [9.17, 15) is 0 Å². The van der Waals surface area contributed by atoms with Gasteiger partial charge in [-0.1, -0.05) is 42.5 Å². The zero-order chi connectivity index (χ0) is 11.8. The van der Waals surface area contributed by atoms with Gasteiger partial charge in [-0.3, -0.25) is 4.68 Å². The summed E-state index contributed by atoms with van der Waals surface area (Å²) in [5, 5.41) is 6.81. The van der Waals surface area contributed by atoms with E-state index < -0.39 is 0 Å². The van der Waals surface area contributed by atoms with Gasteiger partial charge in [0, 0.05) is 18.8 Å². The first kappa shape index (κ1) is 9.90. The Kier molecular flexibility index (Phi) is 2.11. The zero-order valence-electron chi connectivity index (χ0n) is 9.59. The molecule has 0 bridgehead atoms. The van der Waals surface area contributed by atoms with Crippen LogP contribution in [0.3, 0.4) is 0 Å². The number of fused-ring (bicyclic) bond motifs is 1. The molecule has 1 aromatic heterocycles. The molecule has 0 radical (unpaired) electrons. The minimum atomic E-state index is 0.712. The number of hydrogen-bond donors (Lipinski definition) is 1. The van der Waals surface area contributed by atoms with Gasteiger partial charge in [-0.25, -0.2) is 0 Å². The molecule has 3 heteroatoms.